The molecule has 6 nitrogen and oxygen atoms in total. The van der Waals surface area contributed by atoms with Crippen LogP contribution in [0.3, 0.4) is 0 Å². The molecule has 35 heavy (non-hydrogen) atoms. The molecule has 2 aliphatic carbocycles. The molecule has 0 spiro atoms. The summed E-state index contributed by atoms with van der Waals surface area (Å²) in [5, 5.41) is 3.36. The first kappa shape index (κ1) is 23.1. The smallest absolute Gasteiger partial charge is 0.223 e. The van der Waals surface area contributed by atoms with Crippen molar-refractivity contribution in [2.24, 2.45) is 11.8 Å². The van der Waals surface area contributed by atoms with Crippen LogP contribution < -0.4 is 16.2 Å². The fraction of sp³-hybridized carbons (Fsp3) is 0.571. The molecule has 4 unspecified atom stereocenters. The highest BCUT2D eigenvalue weighted by atomic mass is 19.1. The Morgan fingerprint density at radius 2 is 2.00 bits per heavy atom. The largest absolute Gasteiger partial charge is 0.352 e. The summed E-state index contributed by atoms with van der Waals surface area (Å²) in [6.07, 6.45) is 9.29. The number of halogens is 1. The van der Waals surface area contributed by atoms with E-state index >= 15 is 0 Å². The third-order valence-electron chi connectivity index (χ3n) is 8.49. The van der Waals surface area contributed by atoms with Gasteiger partial charge in [-0.05, 0) is 81.2 Å². The zero-order valence-electron chi connectivity index (χ0n) is 20.3. The quantitative estimate of drug-likeness (QED) is 0.590. The predicted molar refractivity (Wildman–Crippen MR) is 133 cm³/mol. The van der Waals surface area contributed by atoms with E-state index < -0.39 is 0 Å². The molecule has 4 fully saturated rings. The molecule has 7 heteroatoms. The van der Waals surface area contributed by atoms with Gasteiger partial charge in [0.25, 0.3) is 0 Å². The molecule has 2 aromatic rings. The first-order valence-corrected chi connectivity index (χ1v) is 13.4. The maximum atomic E-state index is 14.1. The van der Waals surface area contributed by atoms with Gasteiger partial charge in [0.1, 0.15) is 5.82 Å². The molecule has 4 aliphatic rings. The summed E-state index contributed by atoms with van der Waals surface area (Å²) in [5.41, 5.74) is 10.3. The number of aromatic nitrogens is 1. The summed E-state index contributed by atoms with van der Waals surface area (Å²) in [5.74, 6) is 1.13. The minimum Gasteiger partial charge on any atom is -0.352 e. The lowest BCUT2D eigenvalue weighted by atomic mass is 9.74. The highest BCUT2D eigenvalue weighted by Crippen LogP contribution is 2.43. The van der Waals surface area contributed by atoms with Crippen LogP contribution in [-0.2, 0) is 11.3 Å². The molecule has 1 aromatic carbocycles. The SMILES string of the molecule is O=C(N[C@@H]1CCCN(Cc2ccccc2F)C1)C1CCC2NNC(c3ccnc(C4CC4)c3)C2C1. The Labute approximate surface area is 207 Å². The van der Waals surface area contributed by atoms with Gasteiger partial charge >= 0.3 is 0 Å². The van der Waals surface area contributed by atoms with Crippen LogP contribution in [0.5, 0.6) is 0 Å². The maximum Gasteiger partial charge on any atom is 0.223 e. The van der Waals surface area contributed by atoms with Gasteiger partial charge in [-0.2, -0.15) is 0 Å². The van der Waals surface area contributed by atoms with Crippen LogP contribution in [0.2, 0.25) is 0 Å². The monoisotopic (exact) mass is 477 g/mol. The number of carbonyl (C=O) groups excluding carboxylic acids is 1. The molecule has 5 atom stereocenters. The summed E-state index contributed by atoms with van der Waals surface area (Å²) < 4.78 is 14.1. The average molecular weight is 478 g/mol. The van der Waals surface area contributed by atoms with Crippen molar-refractivity contribution < 1.29 is 9.18 Å². The normalized spacial score (nSPS) is 31.2. The second-order valence-corrected chi connectivity index (χ2v) is 11.0. The number of nitrogens with one attached hydrogen (secondary N) is 3. The summed E-state index contributed by atoms with van der Waals surface area (Å²) in [6, 6.07) is 12.2. The lowest BCUT2D eigenvalue weighted by Crippen LogP contribution is -2.50. The van der Waals surface area contributed by atoms with E-state index in [4.69, 9.17) is 0 Å². The van der Waals surface area contributed by atoms with Crippen molar-refractivity contribution in [3.05, 3.63) is 65.2 Å². The van der Waals surface area contributed by atoms with Gasteiger partial charge in [0, 0.05) is 54.5 Å². The van der Waals surface area contributed by atoms with Gasteiger partial charge in [0.05, 0.1) is 6.04 Å². The Balaban J connectivity index is 1.06. The topological polar surface area (TPSA) is 69.3 Å². The van der Waals surface area contributed by atoms with Crippen LogP contribution in [0.4, 0.5) is 4.39 Å². The standard InChI is InChI=1S/C28H36FN5O/c29-24-6-2-1-4-21(24)16-34-13-3-5-22(17-34)31-28(35)20-9-10-25-23(14-20)27(33-32-25)19-11-12-30-26(15-19)18-7-8-18/h1-2,4,6,11-12,15,18,20,22-23,25,27,32-33H,3,5,7-10,13-14,16-17H2,(H,31,35)/t20?,22-,23?,25?,27?/m1/s1. The number of piperidine rings is 1. The number of pyridine rings is 1. The van der Waals surface area contributed by atoms with Crippen LogP contribution in [0.15, 0.2) is 42.6 Å². The molecule has 1 aromatic heterocycles. The van der Waals surface area contributed by atoms with Gasteiger partial charge in [-0.3, -0.25) is 20.1 Å². The Hall–Kier alpha value is -2.35. The molecule has 0 bridgehead atoms. The molecule has 6 rings (SSSR count). The summed E-state index contributed by atoms with van der Waals surface area (Å²) >= 11 is 0. The van der Waals surface area contributed by atoms with Crippen LogP contribution in [0.1, 0.15) is 73.7 Å². The second kappa shape index (κ2) is 9.96. The zero-order chi connectivity index (χ0) is 23.8. The number of hydrogen-bond donors (Lipinski definition) is 3. The molecular weight excluding hydrogens is 441 g/mol. The van der Waals surface area contributed by atoms with E-state index in [-0.39, 0.29) is 29.7 Å². The van der Waals surface area contributed by atoms with Gasteiger partial charge in [0.15, 0.2) is 0 Å². The zero-order valence-corrected chi connectivity index (χ0v) is 20.3. The Morgan fingerprint density at radius 3 is 2.86 bits per heavy atom. The Bertz CT molecular complexity index is 1060. The molecule has 3 N–H and O–H groups in total. The van der Waals surface area contributed by atoms with Crippen molar-refractivity contribution >= 4 is 5.91 Å². The van der Waals surface area contributed by atoms with Crippen LogP contribution in [0.25, 0.3) is 0 Å². The third kappa shape index (κ3) is 5.13. The Morgan fingerprint density at radius 1 is 1.11 bits per heavy atom. The Kier molecular flexibility index (Phi) is 6.56. The van der Waals surface area contributed by atoms with E-state index in [1.165, 1.54) is 30.2 Å². The van der Waals surface area contributed by atoms with Crippen molar-refractivity contribution in [2.45, 2.75) is 75.5 Å². The number of fused-ring (bicyclic) bond motifs is 1. The number of amides is 1. The molecule has 2 aliphatic heterocycles. The second-order valence-electron chi connectivity index (χ2n) is 11.0. The van der Waals surface area contributed by atoms with E-state index in [1.54, 1.807) is 6.07 Å². The van der Waals surface area contributed by atoms with Crippen molar-refractivity contribution in [3.63, 3.8) is 0 Å². The van der Waals surface area contributed by atoms with Gasteiger partial charge in [-0.1, -0.05) is 18.2 Å². The van der Waals surface area contributed by atoms with E-state index in [9.17, 15) is 9.18 Å². The molecular formula is C28H36FN5O. The molecule has 2 saturated heterocycles. The van der Waals surface area contributed by atoms with Crippen LogP contribution >= 0.6 is 0 Å². The highest BCUT2D eigenvalue weighted by molar-refractivity contribution is 5.79. The lowest BCUT2D eigenvalue weighted by molar-refractivity contribution is -0.127. The van der Waals surface area contributed by atoms with Gasteiger partial charge in [-0.25, -0.2) is 9.82 Å². The molecule has 3 heterocycles. The van der Waals surface area contributed by atoms with E-state index in [2.05, 4.69) is 38.2 Å². The highest BCUT2D eigenvalue weighted by Gasteiger charge is 2.43. The first-order valence-electron chi connectivity index (χ1n) is 13.4. The molecule has 2 saturated carbocycles. The van der Waals surface area contributed by atoms with E-state index in [0.717, 1.165) is 50.8 Å². The van der Waals surface area contributed by atoms with E-state index in [1.807, 2.05) is 18.3 Å². The van der Waals surface area contributed by atoms with Gasteiger partial charge < -0.3 is 5.32 Å². The van der Waals surface area contributed by atoms with Gasteiger partial charge in [-0.15, -0.1) is 0 Å². The van der Waals surface area contributed by atoms with Crippen LogP contribution in [0, 0.1) is 17.7 Å². The number of hydrazine groups is 1. The van der Waals surface area contributed by atoms with Crippen LogP contribution in [-0.4, -0.2) is 41.0 Å². The number of rotatable bonds is 6. The predicted octanol–water partition coefficient (Wildman–Crippen LogP) is 3.81. The number of nitrogens with zero attached hydrogens (tertiary/aromatic N) is 2. The molecule has 0 radical (unpaired) electrons. The third-order valence-corrected chi connectivity index (χ3v) is 8.49. The lowest BCUT2D eigenvalue weighted by Gasteiger charge is -2.36. The van der Waals surface area contributed by atoms with Crippen molar-refractivity contribution in [3.8, 4) is 0 Å². The average Bonchev–Trinajstić information content (AvgIpc) is 3.65. The number of likely N-dealkylation sites (tertiary alicyclic amines) is 1. The first-order chi connectivity index (χ1) is 17.1. The molecule has 1 amide bonds. The van der Waals surface area contributed by atoms with Crippen molar-refractivity contribution in [2.75, 3.05) is 13.1 Å². The minimum absolute atomic E-state index is 0.0483. The number of benzene rings is 1. The van der Waals surface area contributed by atoms with Gasteiger partial charge in [0.2, 0.25) is 5.91 Å². The summed E-state index contributed by atoms with van der Waals surface area (Å²) in [4.78, 5) is 20.2. The fourth-order valence-electron chi connectivity index (χ4n) is 6.39. The maximum absolute atomic E-state index is 14.1. The number of carbonyl (C=O) groups is 1. The fourth-order valence-corrected chi connectivity index (χ4v) is 6.39. The molecule has 186 valence electrons. The number of hydrogen-bond acceptors (Lipinski definition) is 5. The minimum atomic E-state index is -0.151. The van der Waals surface area contributed by atoms with E-state index in [0.29, 0.717) is 24.4 Å². The summed E-state index contributed by atoms with van der Waals surface area (Å²) in [6.45, 7) is 2.33. The van der Waals surface area contributed by atoms with Crippen molar-refractivity contribution in [1.29, 1.82) is 0 Å². The van der Waals surface area contributed by atoms with Crippen molar-refractivity contribution in [1.82, 2.24) is 26.1 Å². The summed E-state index contributed by atoms with van der Waals surface area (Å²) in [7, 11) is 0.